The lowest BCUT2D eigenvalue weighted by molar-refractivity contribution is -0.122. The van der Waals surface area contributed by atoms with Gasteiger partial charge in [-0.15, -0.1) is 0 Å². The van der Waals surface area contributed by atoms with Gasteiger partial charge in [-0.2, -0.15) is 0 Å². The Morgan fingerprint density at radius 1 is 1.28 bits per heavy atom. The van der Waals surface area contributed by atoms with E-state index in [0.717, 1.165) is 5.56 Å². The van der Waals surface area contributed by atoms with Gasteiger partial charge in [-0.1, -0.05) is 30.3 Å². The monoisotopic (exact) mass is 252 g/mol. The summed E-state index contributed by atoms with van der Waals surface area (Å²) in [4.78, 5) is 20.4. The van der Waals surface area contributed by atoms with Crippen molar-refractivity contribution in [3.8, 4) is 0 Å². The maximum absolute atomic E-state index is 11.2. The highest BCUT2D eigenvalue weighted by molar-refractivity contribution is 5.75. The summed E-state index contributed by atoms with van der Waals surface area (Å²) >= 11 is 0. The number of nitrogens with two attached hydrogens (primary N) is 1. The van der Waals surface area contributed by atoms with Crippen LogP contribution < -0.4 is 11.1 Å². The van der Waals surface area contributed by atoms with E-state index < -0.39 is 0 Å². The first-order valence-electron chi connectivity index (χ1n) is 5.62. The molecule has 5 nitrogen and oxygen atoms in total. The first-order valence-corrected chi connectivity index (χ1v) is 5.62. The van der Waals surface area contributed by atoms with E-state index in [1.54, 1.807) is 7.11 Å². The van der Waals surface area contributed by atoms with Crippen molar-refractivity contribution in [2.75, 3.05) is 13.7 Å². The minimum absolute atomic E-state index is 0.0238. The number of carbonyl (C=O) groups excluding carboxylic acids is 2. The molecule has 5 heteroatoms. The van der Waals surface area contributed by atoms with Crippen LogP contribution in [-0.2, 0) is 20.9 Å². The third-order valence-electron chi connectivity index (χ3n) is 1.87. The minimum Gasteiger partial charge on any atom is -0.384 e. The molecule has 2 amide bonds. The second-order valence-electron chi connectivity index (χ2n) is 3.62. The number of methoxy groups -OCH3 is 1. The lowest BCUT2D eigenvalue weighted by atomic mass is 10.2. The minimum atomic E-state index is -0.333. The van der Waals surface area contributed by atoms with Crippen molar-refractivity contribution in [3.63, 3.8) is 0 Å². The highest BCUT2D eigenvalue weighted by Crippen LogP contribution is 1.97. The zero-order chi connectivity index (χ0) is 13.8. The molecule has 100 valence electrons. The number of hydrogen-bond acceptors (Lipinski definition) is 3. The van der Waals surface area contributed by atoms with Crippen molar-refractivity contribution < 1.29 is 14.3 Å². The molecule has 0 bridgehead atoms. The molecule has 0 heterocycles. The average Bonchev–Trinajstić information content (AvgIpc) is 2.34. The summed E-state index contributed by atoms with van der Waals surface area (Å²) in [7, 11) is 1.59. The summed E-state index contributed by atoms with van der Waals surface area (Å²) in [5.41, 5.74) is 5.58. The van der Waals surface area contributed by atoms with Gasteiger partial charge >= 0.3 is 0 Å². The molecule has 0 fully saturated rings. The Balaban J connectivity index is 0.000000631. The van der Waals surface area contributed by atoms with Gasteiger partial charge in [0.15, 0.2) is 0 Å². The molecule has 18 heavy (non-hydrogen) atoms. The number of carbonyl (C=O) groups is 2. The van der Waals surface area contributed by atoms with Gasteiger partial charge in [0.25, 0.3) is 0 Å². The number of ether oxygens (including phenoxy) is 1. The first kappa shape index (κ1) is 16.1. The van der Waals surface area contributed by atoms with Crippen LogP contribution in [0.5, 0.6) is 0 Å². The SMILES string of the molecule is CC(N)=O.COCCC(=O)NCc1ccccc1. The van der Waals surface area contributed by atoms with E-state index in [9.17, 15) is 9.59 Å². The molecule has 0 unspecified atom stereocenters. The number of amides is 2. The molecule has 1 aromatic carbocycles. The lowest BCUT2D eigenvalue weighted by Gasteiger charge is -2.04. The number of rotatable bonds is 5. The second-order valence-corrected chi connectivity index (χ2v) is 3.62. The van der Waals surface area contributed by atoms with E-state index in [2.05, 4.69) is 11.1 Å². The van der Waals surface area contributed by atoms with Gasteiger partial charge in [-0.3, -0.25) is 9.59 Å². The Bertz CT molecular complexity index is 349. The number of nitrogens with one attached hydrogen (secondary N) is 1. The number of primary amides is 1. The predicted molar refractivity (Wildman–Crippen MR) is 69.7 cm³/mol. The van der Waals surface area contributed by atoms with Crippen molar-refractivity contribution in [1.29, 1.82) is 0 Å². The van der Waals surface area contributed by atoms with E-state index in [0.29, 0.717) is 19.6 Å². The summed E-state index contributed by atoms with van der Waals surface area (Å²) in [5.74, 6) is -0.310. The second kappa shape index (κ2) is 10.3. The van der Waals surface area contributed by atoms with Crippen LogP contribution in [-0.4, -0.2) is 25.5 Å². The van der Waals surface area contributed by atoms with Crippen LogP contribution in [0.2, 0.25) is 0 Å². The first-order chi connectivity index (χ1) is 8.56. The Kier molecular flexibility index (Phi) is 9.21. The molecule has 0 aliphatic carbocycles. The Hall–Kier alpha value is -1.88. The van der Waals surface area contributed by atoms with Gasteiger partial charge in [-0.05, 0) is 5.56 Å². The Labute approximate surface area is 107 Å². The van der Waals surface area contributed by atoms with Crippen molar-refractivity contribution in [1.82, 2.24) is 5.32 Å². The standard InChI is InChI=1S/C11H15NO2.C2H5NO/c1-14-8-7-11(13)12-9-10-5-3-2-4-6-10;1-2(3)4/h2-6H,7-9H2,1H3,(H,12,13);1H3,(H2,3,4). The highest BCUT2D eigenvalue weighted by Gasteiger charge is 1.99. The molecule has 0 saturated heterocycles. The van der Waals surface area contributed by atoms with Gasteiger partial charge in [-0.25, -0.2) is 0 Å². The molecule has 0 radical (unpaired) electrons. The van der Waals surface area contributed by atoms with Crippen LogP contribution in [0.1, 0.15) is 18.9 Å². The summed E-state index contributed by atoms with van der Waals surface area (Å²) < 4.78 is 4.80. The third kappa shape index (κ3) is 10.6. The maximum atomic E-state index is 11.2. The quantitative estimate of drug-likeness (QED) is 0.814. The highest BCUT2D eigenvalue weighted by atomic mass is 16.5. The van der Waals surface area contributed by atoms with Crippen molar-refractivity contribution >= 4 is 11.8 Å². The van der Waals surface area contributed by atoms with Gasteiger partial charge < -0.3 is 15.8 Å². The molecule has 0 aliphatic rings. The smallest absolute Gasteiger partial charge is 0.222 e. The van der Waals surface area contributed by atoms with Crippen molar-refractivity contribution in [3.05, 3.63) is 35.9 Å². The van der Waals surface area contributed by atoms with Crippen LogP contribution in [0.15, 0.2) is 30.3 Å². The van der Waals surface area contributed by atoms with E-state index in [1.807, 2.05) is 30.3 Å². The number of benzene rings is 1. The lowest BCUT2D eigenvalue weighted by Crippen LogP contribution is -2.23. The molecular weight excluding hydrogens is 232 g/mol. The van der Waals surface area contributed by atoms with Crippen LogP contribution in [0.3, 0.4) is 0 Å². The summed E-state index contributed by atoms with van der Waals surface area (Å²) in [6, 6.07) is 9.83. The number of hydrogen-bond donors (Lipinski definition) is 2. The van der Waals surface area contributed by atoms with Crippen molar-refractivity contribution in [2.24, 2.45) is 5.73 Å². The van der Waals surface area contributed by atoms with Crippen LogP contribution in [0.25, 0.3) is 0 Å². The summed E-state index contributed by atoms with van der Waals surface area (Å²) in [6.07, 6.45) is 0.420. The zero-order valence-electron chi connectivity index (χ0n) is 10.8. The maximum Gasteiger partial charge on any atom is 0.222 e. The molecule has 0 atom stereocenters. The molecule has 0 saturated carbocycles. The van der Waals surface area contributed by atoms with E-state index in [4.69, 9.17) is 4.74 Å². The third-order valence-corrected chi connectivity index (χ3v) is 1.87. The van der Waals surface area contributed by atoms with E-state index in [1.165, 1.54) is 6.92 Å². The van der Waals surface area contributed by atoms with Gasteiger partial charge in [0.05, 0.1) is 6.61 Å². The fourth-order valence-corrected chi connectivity index (χ4v) is 1.08. The molecule has 0 spiro atoms. The molecule has 0 aliphatic heterocycles. The van der Waals surface area contributed by atoms with Crippen LogP contribution >= 0.6 is 0 Å². The Morgan fingerprint density at radius 3 is 2.33 bits per heavy atom. The molecule has 1 aromatic rings. The van der Waals surface area contributed by atoms with Gasteiger partial charge in [0.2, 0.25) is 11.8 Å². The van der Waals surface area contributed by atoms with E-state index in [-0.39, 0.29) is 11.8 Å². The average molecular weight is 252 g/mol. The van der Waals surface area contributed by atoms with Gasteiger partial charge in [0, 0.05) is 27.0 Å². The van der Waals surface area contributed by atoms with Crippen LogP contribution in [0, 0.1) is 0 Å². The van der Waals surface area contributed by atoms with Crippen LogP contribution in [0.4, 0.5) is 0 Å². The zero-order valence-corrected chi connectivity index (χ0v) is 10.8. The van der Waals surface area contributed by atoms with Gasteiger partial charge in [0.1, 0.15) is 0 Å². The fraction of sp³-hybridized carbons (Fsp3) is 0.385. The molecular formula is C13H20N2O3. The predicted octanol–water partition coefficient (Wildman–Crippen LogP) is 0.831. The van der Waals surface area contributed by atoms with Crippen molar-refractivity contribution in [2.45, 2.75) is 19.9 Å². The molecule has 1 rings (SSSR count). The fourth-order valence-electron chi connectivity index (χ4n) is 1.08. The summed E-state index contributed by atoms with van der Waals surface area (Å²) in [5, 5.41) is 2.81. The Morgan fingerprint density at radius 2 is 1.83 bits per heavy atom. The topological polar surface area (TPSA) is 81.4 Å². The summed E-state index contributed by atoms with van der Waals surface area (Å²) in [6.45, 7) is 2.37. The molecule has 0 aromatic heterocycles. The molecule has 3 N–H and O–H groups in total. The van der Waals surface area contributed by atoms with E-state index >= 15 is 0 Å². The largest absolute Gasteiger partial charge is 0.384 e. The normalized spacial score (nSPS) is 9.00.